The van der Waals surface area contributed by atoms with E-state index in [1.807, 2.05) is 7.05 Å². The second kappa shape index (κ2) is 5.99. The second-order valence-electron chi connectivity index (χ2n) is 4.71. The molecule has 0 spiro atoms. The Bertz CT molecular complexity index is 555. The van der Waals surface area contributed by atoms with Crippen LogP contribution in [0, 0.1) is 0 Å². The van der Waals surface area contributed by atoms with Crippen molar-refractivity contribution in [1.29, 1.82) is 0 Å². The number of rotatable bonds is 2. The summed E-state index contributed by atoms with van der Waals surface area (Å²) < 4.78 is 0. The molecule has 0 unspecified atom stereocenters. The van der Waals surface area contributed by atoms with Gasteiger partial charge in [0.25, 0.3) is 5.91 Å². The minimum absolute atomic E-state index is 0.0800. The molecule has 1 N–H and O–H groups in total. The third-order valence-electron chi connectivity index (χ3n) is 3.31. The second-order valence-corrected chi connectivity index (χ2v) is 5.53. The van der Waals surface area contributed by atoms with Crippen molar-refractivity contribution in [2.24, 2.45) is 0 Å². The lowest BCUT2D eigenvalue weighted by Gasteiger charge is -2.32. The van der Waals surface area contributed by atoms with Crippen molar-refractivity contribution >= 4 is 35.1 Å². The molecule has 0 radical (unpaired) electrons. The molecular weight excluding hydrogens is 303 g/mol. The summed E-state index contributed by atoms with van der Waals surface area (Å²) in [5.41, 5.74) is -0.0419. The van der Waals surface area contributed by atoms with Gasteiger partial charge in [0, 0.05) is 26.2 Å². The van der Waals surface area contributed by atoms with Crippen LogP contribution in [0.1, 0.15) is 20.7 Å². The Hall–Kier alpha value is -1.30. The highest BCUT2D eigenvalue weighted by atomic mass is 35.5. The Morgan fingerprint density at radius 3 is 2.05 bits per heavy atom. The Kier molecular flexibility index (Phi) is 4.52. The fourth-order valence-corrected chi connectivity index (χ4v) is 2.41. The third-order valence-corrected chi connectivity index (χ3v) is 4.03. The molecule has 1 aromatic carbocycles. The number of nitrogens with zero attached hydrogens (tertiary/aromatic N) is 2. The number of halogens is 2. The van der Waals surface area contributed by atoms with Crippen molar-refractivity contribution in [1.82, 2.24) is 9.80 Å². The van der Waals surface area contributed by atoms with Crippen LogP contribution in [0.3, 0.4) is 0 Å². The quantitative estimate of drug-likeness (QED) is 0.907. The molecular formula is C13H14Cl2N2O3. The van der Waals surface area contributed by atoms with E-state index in [9.17, 15) is 14.7 Å². The molecule has 0 aromatic heterocycles. The standard InChI is InChI=1S/C13H14Cl2N2O3/c1-16-2-4-17(5-3-16)12(18)8-6-10(14)11(15)7-9(8)13(19)20/h6-7H,2-5H2,1H3,(H,19,20). The van der Waals surface area contributed by atoms with Crippen LogP contribution >= 0.6 is 23.2 Å². The van der Waals surface area contributed by atoms with Crippen LogP contribution in [0.15, 0.2) is 12.1 Å². The van der Waals surface area contributed by atoms with Gasteiger partial charge in [-0.05, 0) is 19.2 Å². The number of amides is 1. The lowest BCUT2D eigenvalue weighted by Crippen LogP contribution is -2.47. The van der Waals surface area contributed by atoms with Crippen molar-refractivity contribution in [3.63, 3.8) is 0 Å². The highest BCUT2D eigenvalue weighted by molar-refractivity contribution is 6.42. The molecule has 1 fully saturated rings. The number of benzene rings is 1. The zero-order valence-electron chi connectivity index (χ0n) is 10.9. The molecule has 108 valence electrons. The predicted molar refractivity (Wildman–Crippen MR) is 76.8 cm³/mol. The Morgan fingerprint density at radius 2 is 1.55 bits per heavy atom. The van der Waals surface area contributed by atoms with E-state index in [2.05, 4.69) is 4.90 Å². The van der Waals surface area contributed by atoms with E-state index in [0.717, 1.165) is 13.1 Å². The molecule has 1 aliphatic rings. The highest BCUT2D eigenvalue weighted by Gasteiger charge is 2.25. The molecule has 1 aromatic rings. The maximum Gasteiger partial charge on any atom is 0.336 e. The molecule has 20 heavy (non-hydrogen) atoms. The van der Waals surface area contributed by atoms with Gasteiger partial charge in [0.15, 0.2) is 0 Å². The van der Waals surface area contributed by atoms with Crippen molar-refractivity contribution < 1.29 is 14.7 Å². The van der Waals surface area contributed by atoms with Crippen LogP contribution in [-0.2, 0) is 0 Å². The summed E-state index contributed by atoms with van der Waals surface area (Å²) in [6, 6.07) is 2.55. The van der Waals surface area contributed by atoms with Gasteiger partial charge in [0.1, 0.15) is 0 Å². The average Bonchev–Trinajstić information content (AvgIpc) is 2.41. The topological polar surface area (TPSA) is 60.9 Å². The van der Waals surface area contributed by atoms with Crippen LogP contribution in [0.4, 0.5) is 0 Å². The maximum absolute atomic E-state index is 12.4. The molecule has 0 bridgehead atoms. The van der Waals surface area contributed by atoms with Gasteiger partial charge in [-0.15, -0.1) is 0 Å². The summed E-state index contributed by atoms with van der Waals surface area (Å²) in [5.74, 6) is -1.52. The number of carboxylic acid groups (broad SMARTS) is 1. The van der Waals surface area contributed by atoms with Crippen molar-refractivity contribution in [3.05, 3.63) is 33.3 Å². The fraction of sp³-hybridized carbons (Fsp3) is 0.385. The molecule has 1 amide bonds. The van der Waals surface area contributed by atoms with Crippen LogP contribution in [0.5, 0.6) is 0 Å². The van der Waals surface area contributed by atoms with E-state index in [-0.39, 0.29) is 27.1 Å². The Balaban J connectivity index is 2.34. The summed E-state index contributed by atoms with van der Waals surface area (Å²) in [6.07, 6.45) is 0. The van der Waals surface area contributed by atoms with Gasteiger partial charge >= 0.3 is 5.97 Å². The van der Waals surface area contributed by atoms with E-state index < -0.39 is 5.97 Å². The first-order valence-electron chi connectivity index (χ1n) is 6.10. The molecule has 2 rings (SSSR count). The molecule has 5 nitrogen and oxygen atoms in total. The maximum atomic E-state index is 12.4. The molecule has 7 heteroatoms. The first kappa shape index (κ1) is 15.1. The normalized spacial score (nSPS) is 16.2. The molecule has 0 aliphatic carbocycles. The lowest BCUT2D eigenvalue weighted by atomic mass is 10.1. The van der Waals surface area contributed by atoms with Crippen LogP contribution < -0.4 is 0 Å². The van der Waals surface area contributed by atoms with Gasteiger partial charge < -0.3 is 14.9 Å². The van der Waals surface area contributed by atoms with Crippen LogP contribution in [-0.4, -0.2) is 60.0 Å². The fourth-order valence-electron chi connectivity index (χ4n) is 2.08. The van der Waals surface area contributed by atoms with E-state index in [4.69, 9.17) is 23.2 Å². The van der Waals surface area contributed by atoms with E-state index in [1.54, 1.807) is 4.90 Å². The Morgan fingerprint density at radius 1 is 1.05 bits per heavy atom. The number of carbonyl (C=O) groups is 2. The molecule has 1 saturated heterocycles. The van der Waals surface area contributed by atoms with Gasteiger partial charge in [-0.3, -0.25) is 4.79 Å². The van der Waals surface area contributed by atoms with Crippen molar-refractivity contribution in [2.75, 3.05) is 33.2 Å². The van der Waals surface area contributed by atoms with E-state index in [0.29, 0.717) is 13.1 Å². The molecule has 1 aliphatic heterocycles. The van der Waals surface area contributed by atoms with Gasteiger partial charge in [-0.2, -0.15) is 0 Å². The van der Waals surface area contributed by atoms with E-state index in [1.165, 1.54) is 12.1 Å². The zero-order valence-corrected chi connectivity index (χ0v) is 12.4. The Labute approximate surface area is 126 Å². The SMILES string of the molecule is CN1CCN(C(=O)c2cc(Cl)c(Cl)cc2C(=O)O)CC1. The van der Waals surface area contributed by atoms with Gasteiger partial charge in [-0.25, -0.2) is 4.79 Å². The first-order valence-corrected chi connectivity index (χ1v) is 6.86. The smallest absolute Gasteiger partial charge is 0.336 e. The third kappa shape index (κ3) is 3.06. The molecule has 1 heterocycles. The predicted octanol–water partition coefficient (Wildman–Crippen LogP) is 2.08. The average molecular weight is 317 g/mol. The molecule has 0 atom stereocenters. The summed E-state index contributed by atoms with van der Waals surface area (Å²) in [6.45, 7) is 2.65. The van der Waals surface area contributed by atoms with Crippen molar-refractivity contribution in [2.45, 2.75) is 0 Å². The summed E-state index contributed by atoms with van der Waals surface area (Å²) >= 11 is 11.7. The van der Waals surface area contributed by atoms with Gasteiger partial charge in [-0.1, -0.05) is 23.2 Å². The monoisotopic (exact) mass is 316 g/mol. The number of piperazine rings is 1. The summed E-state index contributed by atoms with van der Waals surface area (Å²) in [4.78, 5) is 27.4. The number of hydrogen-bond donors (Lipinski definition) is 1. The van der Waals surface area contributed by atoms with Gasteiger partial charge in [0.05, 0.1) is 21.2 Å². The number of aromatic carboxylic acids is 1. The zero-order chi connectivity index (χ0) is 14.9. The minimum atomic E-state index is -1.19. The number of hydrogen-bond acceptors (Lipinski definition) is 3. The van der Waals surface area contributed by atoms with E-state index >= 15 is 0 Å². The van der Waals surface area contributed by atoms with Gasteiger partial charge in [0.2, 0.25) is 0 Å². The summed E-state index contributed by atoms with van der Waals surface area (Å²) in [5, 5.41) is 9.49. The number of carbonyl (C=O) groups excluding carboxylic acids is 1. The largest absolute Gasteiger partial charge is 0.478 e. The van der Waals surface area contributed by atoms with Crippen molar-refractivity contribution in [3.8, 4) is 0 Å². The number of carboxylic acids is 1. The summed E-state index contributed by atoms with van der Waals surface area (Å²) in [7, 11) is 1.98. The van der Waals surface area contributed by atoms with Crippen LogP contribution in [0.25, 0.3) is 0 Å². The minimum Gasteiger partial charge on any atom is -0.478 e. The number of likely N-dealkylation sites (N-methyl/N-ethyl adjacent to an activating group) is 1. The van der Waals surface area contributed by atoms with Crippen LogP contribution in [0.2, 0.25) is 10.0 Å². The highest BCUT2D eigenvalue weighted by Crippen LogP contribution is 2.27. The lowest BCUT2D eigenvalue weighted by molar-refractivity contribution is 0.0635. The first-order chi connectivity index (χ1) is 9.40. The molecule has 0 saturated carbocycles.